The zero-order valence-electron chi connectivity index (χ0n) is 12.8. The van der Waals surface area contributed by atoms with Gasteiger partial charge in [-0.15, -0.1) is 4.73 Å². The van der Waals surface area contributed by atoms with Crippen molar-refractivity contribution in [3.8, 4) is 5.88 Å². The molecule has 0 bridgehead atoms. The summed E-state index contributed by atoms with van der Waals surface area (Å²) in [5, 5.41) is 17.1. The van der Waals surface area contributed by atoms with E-state index in [4.69, 9.17) is 15.6 Å². The summed E-state index contributed by atoms with van der Waals surface area (Å²) < 4.78 is 5.88. The fraction of sp³-hybridized carbons (Fsp3) is 0.667. The Morgan fingerprint density at radius 2 is 1.81 bits per heavy atom. The van der Waals surface area contributed by atoms with Crippen molar-refractivity contribution >= 4 is 0 Å². The van der Waals surface area contributed by atoms with E-state index in [-0.39, 0.29) is 12.5 Å². The molecule has 0 unspecified atom stereocenters. The molecule has 21 heavy (non-hydrogen) atoms. The second-order valence-electron chi connectivity index (χ2n) is 4.64. The van der Waals surface area contributed by atoms with Gasteiger partial charge in [0.05, 0.1) is 13.2 Å². The van der Waals surface area contributed by atoms with Gasteiger partial charge in [0.1, 0.15) is 0 Å². The highest BCUT2D eigenvalue weighted by atomic mass is 16.6. The first-order valence-corrected chi connectivity index (χ1v) is 7.52. The standard InChI is InChI=1S/C13H21NO3.C2H7NO/c1-2-3-4-5-6-7-11-17-13-10-8-9-12(15)14(13)16;3-1-2-4/h8-10,16H,2-7,11H2,1H3;4H,1-3H2. The summed E-state index contributed by atoms with van der Waals surface area (Å²) in [4.78, 5) is 11.1. The van der Waals surface area contributed by atoms with Crippen LogP contribution in [-0.2, 0) is 0 Å². The van der Waals surface area contributed by atoms with E-state index < -0.39 is 5.56 Å². The molecule has 0 aliphatic heterocycles. The van der Waals surface area contributed by atoms with Crippen molar-refractivity contribution < 1.29 is 15.1 Å². The van der Waals surface area contributed by atoms with Gasteiger partial charge in [-0.05, 0) is 6.42 Å². The minimum Gasteiger partial charge on any atom is -0.477 e. The molecule has 0 fully saturated rings. The van der Waals surface area contributed by atoms with Crippen LogP contribution >= 0.6 is 0 Å². The molecule has 1 rings (SSSR count). The van der Waals surface area contributed by atoms with Crippen molar-refractivity contribution in [3.05, 3.63) is 28.6 Å². The van der Waals surface area contributed by atoms with E-state index in [2.05, 4.69) is 6.92 Å². The molecule has 4 N–H and O–H groups in total. The summed E-state index contributed by atoms with van der Waals surface area (Å²) in [6.07, 6.45) is 7.10. The van der Waals surface area contributed by atoms with Gasteiger partial charge >= 0.3 is 0 Å². The van der Waals surface area contributed by atoms with Gasteiger partial charge in [-0.1, -0.05) is 45.1 Å². The lowest BCUT2D eigenvalue weighted by molar-refractivity contribution is 0.128. The SMILES string of the molecule is CCCCCCCCOc1cccc(=O)n1O.NCCO. The number of pyridine rings is 1. The summed E-state index contributed by atoms with van der Waals surface area (Å²) in [5.41, 5.74) is 4.31. The third-order valence-corrected chi connectivity index (χ3v) is 2.77. The normalized spacial score (nSPS) is 9.86. The molecule has 0 saturated carbocycles. The maximum absolute atomic E-state index is 11.1. The molecule has 0 saturated heterocycles. The van der Waals surface area contributed by atoms with Crippen LogP contribution in [0.15, 0.2) is 23.0 Å². The molecule has 1 aromatic rings. The second-order valence-corrected chi connectivity index (χ2v) is 4.64. The maximum atomic E-state index is 11.1. The predicted molar refractivity (Wildman–Crippen MR) is 82.9 cm³/mol. The van der Waals surface area contributed by atoms with Gasteiger partial charge in [-0.25, -0.2) is 0 Å². The number of hydrogen-bond acceptors (Lipinski definition) is 5. The van der Waals surface area contributed by atoms with E-state index in [1.807, 2.05) is 0 Å². The number of hydrogen-bond donors (Lipinski definition) is 3. The van der Waals surface area contributed by atoms with Crippen LogP contribution in [0, 0.1) is 0 Å². The summed E-state index contributed by atoms with van der Waals surface area (Å²) in [6.45, 7) is 3.20. The van der Waals surface area contributed by atoms with E-state index in [0.717, 1.165) is 12.8 Å². The van der Waals surface area contributed by atoms with Crippen LogP contribution in [0.3, 0.4) is 0 Å². The largest absolute Gasteiger partial charge is 0.477 e. The summed E-state index contributed by atoms with van der Waals surface area (Å²) in [6, 6.07) is 4.45. The predicted octanol–water partition coefficient (Wildman–Crippen LogP) is 1.76. The molecule has 0 spiro atoms. The smallest absolute Gasteiger partial charge is 0.286 e. The number of unbranched alkanes of at least 4 members (excludes halogenated alkanes) is 5. The number of ether oxygens (including phenoxy) is 1. The Bertz CT molecular complexity index is 405. The van der Waals surface area contributed by atoms with Gasteiger partial charge in [0, 0.05) is 18.7 Å². The first kappa shape index (κ1) is 19.5. The Hall–Kier alpha value is -1.53. The quantitative estimate of drug-likeness (QED) is 0.477. The Morgan fingerprint density at radius 1 is 1.19 bits per heavy atom. The first-order valence-electron chi connectivity index (χ1n) is 7.52. The zero-order valence-corrected chi connectivity index (χ0v) is 12.8. The van der Waals surface area contributed by atoms with Gasteiger partial charge in [0.25, 0.3) is 5.56 Å². The van der Waals surface area contributed by atoms with E-state index >= 15 is 0 Å². The van der Waals surface area contributed by atoms with Crippen molar-refractivity contribution in [3.63, 3.8) is 0 Å². The molecule has 0 aliphatic carbocycles. The fourth-order valence-electron chi connectivity index (χ4n) is 1.63. The van der Waals surface area contributed by atoms with Crippen LogP contribution in [0.4, 0.5) is 0 Å². The molecule has 1 heterocycles. The lowest BCUT2D eigenvalue weighted by Crippen LogP contribution is -2.18. The number of aliphatic hydroxyl groups excluding tert-OH is 1. The molecule has 0 amide bonds. The van der Waals surface area contributed by atoms with Crippen molar-refractivity contribution in [2.24, 2.45) is 5.73 Å². The maximum Gasteiger partial charge on any atom is 0.286 e. The van der Waals surface area contributed by atoms with Crippen LogP contribution in [0.1, 0.15) is 45.4 Å². The zero-order chi connectivity index (χ0) is 15.9. The second kappa shape index (κ2) is 13.5. The molecule has 0 aromatic carbocycles. The minimum atomic E-state index is -0.467. The van der Waals surface area contributed by atoms with Gasteiger partial charge in [-0.3, -0.25) is 4.79 Å². The van der Waals surface area contributed by atoms with E-state index in [9.17, 15) is 10.0 Å². The molecule has 0 aliphatic rings. The van der Waals surface area contributed by atoms with Crippen molar-refractivity contribution in [2.45, 2.75) is 45.4 Å². The lowest BCUT2D eigenvalue weighted by atomic mass is 10.1. The third kappa shape index (κ3) is 9.92. The Kier molecular flexibility index (Phi) is 12.5. The van der Waals surface area contributed by atoms with Crippen molar-refractivity contribution in [2.75, 3.05) is 19.8 Å². The average molecular weight is 300 g/mol. The van der Waals surface area contributed by atoms with Crippen LogP contribution in [0.5, 0.6) is 5.88 Å². The van der Waals surface area contributed by atoms with Gasteiger partial charge in [0.2, 0.25) is 5.88 Å². The molecule has 122 valence electrons. The topological polar surface area (TPSA) is 97.7 Å². The van der Waals surface area contributed by atoms with Crippen LogP contribution in [0.25, 0.3) is 0 Å². The summed E-state index contributed by atoms with van der Waals surface area (Å²) in [5.74, 6) is 0.214. The molecular weight excluding hydrogens is 272 g/mol. The molecule has 6 nitrogen and oxygen atoms in total. The molecule has 0 radical (unpaired) electrons. The molecule has 1 aromatic heterocycles. The monoisotopic (exact) mass is 300 g/mol. The van der Waals surface area contributed by atoms with E-state index in [1.54, 1.807) is 12.1 Å². The minimum absolute atomic E-state index is 0.0972. The highest BCUT2D eigenvalue weighted by Gasteiger charge is 2.01. The molecule has 0 atom stereocenters. The number of aromatic nitrogens is 1. The van der Waals surface area contributed by atoms with Crippen molar-refractivity contribution in [1.82, 2.24) is 4.73 Å². The van der Waals surface area contributed by atoms with E-state index in [0.29, 0.717) is 17.9 Å². The lowest BCUT2D eigenvalue weighted by Gasteiger charge is -2.08. The average Bonchev–Trinajstić information content (AvgIpc) is 2.50. The number of rotatable bonds is 9. The highest BCUT2D eigenvalue weighted by molar-refractivity contribution is 5.10. The number of nitrogens with two attached hydrogens (primary N) is 1. The molecule has 6 heteroatoms. The van der Waals surface area contributed by atoms with Gasteiger partial charge in [-0.2, -0.15) is 0 Å². The summed E-state index contributed by atoms with van der Waals surface area (Å²) >= 11 is 0. The highest BCUT2D eigenvalue weighted by Crippen LogP contribution is 2.08. The third-order valence-electron chi connectivity index (χ3n) is 2.77. The fourth-order valence-corrected chi connectivity index (χ4v) is 1.63. The Balaban J connectivity index is 0.000000885. The van der Waals surface area contributed by atoms with E-state index in [1.165, 1.54) is 31.7 Å². The Labute approximate surface area is 126 Å². The van der Waals surface area contributed by atoms with Crippen molar-refractivity contribution in [1.29, 1.82) is 0 Å². The van der Waals surface area contributed by atoms with Gasteiger partial charge < -0.3 is 20.8 Å². The number of nitrogens with zero attached hydrogens (tertiary/aromatic N) is 1. The first-order chi connectivity index (χ1) is 10.2. The number of aliphatic hydroxyl groups is 1. The summed E-state index contributed by atoms with van der Waals surface area (Å²) in [7, 11) is 0. The van der Waals surface area contributed by atoms with Gasteiger partial charge in [0.15, 0.2) is 0 Å². The van der Waals surface area contributed by atoms with Crippen LogP contribution in [0.2, 0.25) is 0 Å². The van der Waals surface area contributed by atoms with Crippen LogP contribution in [-0.4, -0.2) is 34.8 Å². The van der Waals surface area contributed by atoms with Crippen LogP contribution < -0.4 is 16.0 Å². The molecular formula is C15H28N2O4. The Morgan fingerprint density at radius 3 is 2.43 bits per heavy atom.